The predicted molar refractivity (Wildman–Crippen MR) is 108 cm³/mol. The Balaban J connectivity index is 1.79. The number of carbonyl (C=O) groups is 1. The predicted octanol–water partition coefficient (Wildman–Crippen LogP) is 3.82. The number of pyridine rings is 1. The summed E-state index contributed by atoms with van der Waals surface area (Å²) in [6.45, 7) is 0.209. The van der Waals surface area contributed by atoms with Crippen LogP contribution in [-0.2, 0) is 20.9 Å². The van der Waals surface area contributed by atoms with Crippen LogP contribution in [0.1, 0.15) is 16.8 Å². The van der Waals surface area contributed by atoms with Crippen LogP contribution in [0.15, 0.2) is 54.2 Å². The fourth-order valence-electron chi connectivity index (χ4n) is 2.60. The van der Waals surface area contributed by atoms with Gasteiger partial charge in [0, 0.05) is 17.1 Å². The van der Waals surface area contributed by atoms with E-state index in [1.54, 1.807) is 24.4 Å². The first-order valence-corrected chi connectivity index (χ1v) is 9.38. The van der Waals surface area contributed by atoms with Crippen molar-refractivity contribution in [2.75, 3.05) is 14.2 Å². The van der Waals surface area contributed by atoms with E-state index in [-0.39, 0.29) is 6.61 Å². The number of nitriles is 1. The minimum absolute atomic E-state index is 0.209. The molecule has 0 saturated heterocycles. The molecule has 146 valence electrons. The SMILES string of the molecule is CO/C=C(/C(=O)OC)c1ccccc1COc1nc(-c2ccnc(C#N)c2)cs1. The number of benzene rings is 1. The number of hydrogen-bond donors (Lipinski definition) is 0. The lowest BCUT2D eigenvalue weighted by molar-refractivity contribution is -0.133. The second-order valence-electron chi connectivity index (χ2n) is 5.74. The van der Waals surface area contributed by atoms with Crippen LogP contribution in [-0.4, -0.2) is 30.2 Å². The molecule has 3 rings (SSSR count). The Bertz CT molecular complexity index is 1090. The molecule has 2 aromatic heterocycles. The number of methoxy groups -OCH3 is 2. The monoisotopic (exact) mass is 407 g/mol. The molecule has 0 N–H and O–H groups in total. The third-order valence-corrected chi connectivity index (χ3v) is 4.70. The van der Waals surface area contributed by atoms with Crippen molar-refractivity contribution in [3.8, 4) is 22.5 Å². The molecule has 0 spiro atoms. The Morgan fingerprint density at radius 2 is 2.10 bits per heavy atom. The van der Waals surface area contributed by atoms with Crippen LogP contribution in [0.25, 0.3) is 16.8 Å². The lowest BCUT2D eigenvalue weighted by atomic mass is 10.0. The maximum Gasteiger partial charge on any atom is 0.341 e. The van der Waals surface area contributed by atoms with Gasteiger partial charge in [0.15, 0.2) is 0 Å². The number of rotatable bonds is 7. The maximum atomic E-state index is 12.1. The van der Waals surface area contributed by atoms with Gasteiger partial charge >= 0.3 is 5.97 Å². The number of aromatic nitrogens is 2. The normalized spacial score (nSPS) is 10.9. The Hall–Kier alpha value is -3.70. The molecule has 0 saturated carbocycles. The zero-order valence-corrected chi connectivity index (χ0v) is 16.6. The fourth-order valence-corrected chi connectivity index (χ4v) is 3.28. The van der Waals surface area contributed by atoms with E-state index in [9.17, 15) is 4.79 Å². The van der Waals surface area contributed by atoms with Crippen molar-refractivity contribution in [1.29, 1.82) is 5.26 Å². The molecular formula is C21H17N3O4S. The van der Waals surface area contributed by atoms with Crippen LogP contribution in [0.2, 0.25) is 0 Å². The van der Waals surface area contributed by atoms with Gasteiger partial charge < -0.3 is 14.2 Å². The highest BCUT2D eigenvalue weighted by atomic mass is 32.1. The van der Waals surface area contributed by atoms with Gasteiger partial charge in [0.1, 0.15) is 23.9 Å². The van der Waals surface area contributed by atoms with E-state index in [1.165, 1.54) is 31.8 Å². The molecule has 0 unspecified atom stereocenters. The standard InChI is InChI=1S/C21H17N3O4S/c1-26-12-18(20(25)27-2)17-6-4-3-5-15(17)11-28-21-24-19(13-29-21)14-7-8-23-16(9-14)10-22/h3-9,12-13H,11H2,1-2H3/b18-12+. The summed E-state index contributed by atoms with van der Waals surface area (Å²) in [6, 6.07) is 12.8. The van der Waals surface area contributed by atoms with Crippen LogP contribution in [0.5, 0.6) is 5.19 Å². The summed E-state index contributed by atoms with van der Waals surface area (Å²) < 4.78 is 15.7. The van der Waals surface area contributed by atoms with E-state index >= 15 is 0 Å². The first-order chi connectivity index (χ1) is 14.2. The van der Waals surface area contributed by atoms with Gasteiger partial charge in [-0.1, -0.05) is 35.6 Å². The molecule has 0 bridgehead atoms. The van der Waals surface area contributed by atoms with Gasteiger partial charge in [0.05, 0.1) is 26.2 Å². The number of nitrogens with zero attached hydrogens (tertiary/aromatic N) is 3. The molecule has 3 aromatic rings. The van der Waals surface area contributed by atoms with E-state index in [0.29, 0.717) is 27.7 Å². The van der Waals surface area contributed by atoms with E-state index in [4.69, 9.17) is 19.5 Å². The summed E-state index contributed by atoms with van der Waals surface area (Å²) in [5.41, 5.74) is 3.56. The van der Waals surface area contributed by atoms with Crippen LogP contribution in [0.4, 0.5) is 0 Å². The number of thiazole rings is 1. The molecule has 0 aliphatic heterocycles. The van der Waals surface area contributed by atoms with Crippen molar-refractivity contribution in [1.82, 2.24) is 9.97 Å². The van der Waals surface area contributed by atoms with Gasteiger partial charge in [-0.25, -0.2) is 14.8 Å². The minimum atomic E-state index is -0.498. The molecule has 0 atom stereocenters. The van der Waals surface area contributed by atoms with Crippen molar-refractivity contribution >= 4 is 22.9 Å². The molecule has 29 heavy (non-hydrogen) atoms. The topological polar surface area (TPSA) is 94.3 Å². The van der Waals surface area contributed by atoms with Gasteiger partial charge in [-0.05, 0) is 23.3 Å². The van der Waals surface area contributed by atoms with E-state index in [0.717, 1.165) is 11.1 Å². The highest BCUT2D eigenvalue weighted by Gasteiger charge is 2.17. The summed E-state index contributed by atoms with van der Waals surface area (Å²) in [6.07, 6.45) is 2.92. The van der Waals surface area contributed by atoms with E-state index in [2.05, 4.69) is 9.97 Å². The molecule has 0 aliphatic rings. The van der Waals surface area contributed by atoms with E-state index in [1.807, 2.05) is 29.6 Å². The first-order valence-electron chi connectivity index (χ1n) is 8.50. The van der Waals surface area contributed by atoms with Crippen molar-refractivity contribution < 1.29 is 19.0 Å². The summed E-state index contributed by atoms with van der Waals surface area (Å²) in [5.74, 6) is -0.498. The maximum absolute atomic E-state index is 12.1. The van der Waals surface area contributed by atoms with Crippen molar-refractivity contribution in [3.63, 3.8) is 0 Å². The Morgan fingerprint density at radius 3 is 2.86 bits per heavy atom. The van der Waals surface area contributed by atoms with Crippen LogP contribution in [0, 0.1) is 11.3 Å². The average Bonchev–Trinajstić information content (AvgIpc) is 3.25. The molecule has 0 aliphatic carbocycles. The van der Waals surface area contributed by atoms with Crippen LogP contribution < -0.4 is 4.74 Å². The lowest BCUT2D eigenvalue weighted by Crippen LogP contribution is -2.08. The summed E-state index contributed by atoms with van der Waals surface area (Å²) in [4.78, 5) is 20.5. The quantitative estimate of drug-likeness (QED) is 0.334. The Labute approximate surface area is 171 Å². The van der Waals surface area contributed by atoms with Crippen molar-refractivity contribution in [3.05, 3.63) is 71.1 Å². The minimum Gasteiger partial charge on any atom is -0.503 e. The number of ether oxygens (including phenoxy) is 3. The number of carbonyl (C=O) groups excluding carboxylic acids is 1. The van der Waals surface area contributed by atoms with Crippen molar-refractivity contribution in [2.45, 2.75) is 6.61 Å². The summed E-state index contributed by atoms with van der Waals surface area (Å²) in [7, 11) is 2.79. The highest BCUT2D eigenvalue weighted by Crippen LogP contribution is 2.28. The summed E-state index contributed by atoms with van der Waals surface area (Å²) in [5, 5.41) is 11.3. The van der Waals surface area contributed by atoms with Crippen LogP contribution in [0.3, 0.4) is 0 Å². The zero-order chi connectivity index (χ0) is 20.6. The fraction of sp³-hybridized carbons (Fsp3) is 0.143. The second kappa shape index (κ2) is 9.48. The smallest absolute Gasteiger partial charge is 0.341 e. The molecule has 0 radical (unpaired) electrons. The second-order valence-corrected chi connectivity index (χ2v) is 6.57. The highest BCUT2D eigenvalue weighted by molar-refractivity contribution is 7.11. The van der Waals surface area contributed by atoms with Gasteiger partial charge in [-0.15, -0.1) is 0 Å². The average molecular weight is 407 g/mol. The van der Waals surface area contributed by atoms with Crippen molar-refractivity contribution in [2.24, 2.45) is 0 Å². The first kappa shape index (κ1) is 20.0. The van der Waals surface area contributed by atoms with Gasteiger partial charge in [0.25, 0.3) is 5.19 Å². The molecule has 2 heterocycles. The molecule has 0 amide bonds. The molecule has 8 heteroatoms. The zero-order valence-electron chi connectivity index (χ0n) is 15.8. The van der Waals surface area contributed by atoms with Gasteiger partial charge in [-0.3, -0.25) is 0 Å². The molecule has 1 aromatic carbocycles. The van der Waals surface area contributed by atoms with Gasteiger partial charge in [0.2, 0.25) is 0 Å². The third-order valence-electron chi connectivity index (χ3n) is 3.95. The molecular weight excluding hydrogens is 390 g/mol. The van der Waals surface area contributed by atoms with Gasteiger partial charge in [-0.2, -0.15) is 5.26 Å². The molecule has 0 fully saturated rings. The van der Waals surface area contributed by atoms with E-state index < -0.39 is 5.97 Å². The third kappa shape index (κ3) is 4.78. The Kier molecular flexibility index (Phi) is 6.55. The number of esters is 1. The number of hydrogen-bond acceptors (Lipinski definition) is 8. The largest absolute Gasteiger partial charge is 0.503 e. The molecule has 7 nitrogen and oxygen atoms in total. The summed E-state index contributed by atoms with van der Waals surface area (Å²) >= 11 is 1.34. The van der Waals surface area contributed by atoms with Crippen LogP contribution >= 0.6 is 11.3 Å². The Morgan fingerprint density at radius 1 is 1.28 bits per heavy atom. The lowest BCUT2D eigenvalue weighted by Gasteiger charge is -2.11.